The van der Waals surface area contributed by atoms with Gasteiger partial charge in [-0.05, 0) is 25.2 Å². The van der Waals surface area contributed by atoms with Crippen molar-refractivity contribution in [2.45, 2.75) is 284 Å². The molecule has 0 saturated heterocycles. The number of hydrogen-bond acceptors (Lipinski definition) is 6. The van der Waals surface area contributed by atoms with Gasteiger partial charge in [-0.1, -0.05) is 240 Å². The van der Waals surface area contributed by atoms with Crippen LogP contribution in [0.1, 0.15) is 278 Å². The van der Waals surface area contributed by atoms with Crippen LogP contribution in [0.15, 0.2) is 0 Å². The fourth-order valence-electron chi connectivity index (χ4n) is 7.48. The SMILES string of the molecule is CCCCCCCCCCCCCCCC(=O)OC[C@H](COC(=O)CCCCCCCCCCCCCCCCC(C)CC)OC(=O)CCCCCCCCC. The second-order valence-corrected chi connectivity index (χ2v) is 17.3. The molecular formula is C50H96O6. The third kappa shape index (κ3) is 42.0. The van der Waals surface area contributed by atoms with Crippen molar-refractivity contribution in [3.8, 4) is 0 Å². The van der Waals surface area contributed by atoms with Crippen molar-refractivity contribution in [2.24, 2.45) is 5.92 Å². The van der Waals surface area contributed by atoms with E-state index in [4.69, 9.17) is 14.2 Å². The summed E-state index contributed by atoms with van der Waals surface area (Å²) in [7, 11) is 0. The van der Waals surface area contributed by atoms with E-state index in [-0.39, 0.29) is 31.1 Å². The molecule has 6 nitrogen and oxygen atoms in total. The van der Waals surface area contributed by atoms with Crippen LogP contribution in [0, 0.1) is 5.92 Å². The van der Waals surface area contributed by atoms with Crippen LogP contribution < -0.4 is 0 Å². The number of carbonyl (C=O) groups is 3. The van der Waals surface area contributed by atoms with E-state index in [9.17, 15) is 14.4 Å². The van der Waals surface area contributed by atoms with Crippen LogP contribution in [-0.2, 0) is 28.6 Å². The zero-order chi connectivity index (χ0) is 41.0. The van der Waals surface area contributed by atoms with Crippen molar-refractivity contribution in [3.63, 3.8) is 0 Å². The number of esters is 3. The van der Waals surface area contributed by atoms with Gasteiger partial charge in [0.15, 0.2) is 6.10 Å². The Labute approximate surface area is 348 Å². The number of unbranched alkanes of at least 4 members (excludes halogenated alkanes) is 31. The van der Waals surface area contributed by atoms with Gasteiger partial charge < -0.3 is 14.2 Å². The van der Waals surface area contributed by atoms with E-state index in [1.165, 1.54) is 173 Å². The summed E-state index contributed by atoms with van der Waals surface area (Å²) in [6, 6.07) is 0. The summed E-state index contributed by atoms with van der Waals surface area (Å²) in [4.78, 5) is 37.7. The zero-order valence-corrected chi connectivity index (χ0v) is 38.1. The maximum absolute atomic E-state index is 12.6. The smallest absolute Gasteiger partial charge is 0.306 e. The van der Waals surface area contributed by atoms with Gasteiger partial charge in [0, 0.05) is 19.3 Å². The molecule has 0 aliphatic carbocycles. The fourth-order valence-corrected chi connectivity index (χ4v) is 7.48. The monoisotopic (exact) mass is 793 g/mol. The second kappa shape index (κ2) is 44.5. The maximum atomic E-state index is 12.6. The van der Waals surface area contributed by atoms with Crippen LogP contribution in [0.25, 0.3) is 0 Å². The molecule has 0 spiro atoms. The minimum absolute atomic E-state index is 0.0636. The minimum atomic E-state index is -0.758. The Kier molecular flexibility index (Phi) is 43.2. The minimum Gasteiger partial charge on any atom is -0.462 e. The molecule has 0 heterocycles. The highest BCUT2D eigenvalue weighted by atomic mass is 16.6. The van der Waals surface area contributed by atoms with Crippen molar-refractivity contribution in [2.75, 3.05) is 13.2 Å². The quantitative estimate of drug-likeness (QED) is 0.0347. The topological polar surface area (TPSA) is 78.9 Å². The standard InChI is InChI=1S/C50H96O6/c1-5-8-10-12-14-15-16-19-23-26-30-33-37-41-48(51)54-44-47(56-50(53)43-39-35-28-13-11-9-6-2)45-55-49(52)42-38-34-31-27-24-21-18-17-20-22-25-29-32-36-40-46(4)7-3/h46-47H,5-45H2,1-4H3/t46?,47-/m1/s1. The molecule has 0 rings (SSSR count). The van der Waals surface area contributed by atoms with Crippen molar-refractivity contribution >= 4 is 17.9 Å². The predicted octanol–water partition coefficient (Wildman–Crippen LogP) is 15.9. The van der Waals surface area contributed by atoms with Crippen LogP contribution in [0.2, 0.25) is 0 Å². The third-order valence-corrected chi connectivity index (χ3v) is 11.7. The Morgan fingerprint density at radius 3 is 0.929 bits per heavy atom. The first kappa shape index (κ1) is 54.4. The van der Waals surface area contributed by atoms with Gasteiger partial charge in [0.1, 0.15) is 13.2 Å². The van der Waals surface area contributed by atoms with E-state index in [1.807, 2.05) is 0 Å². The van der Waals surface area contributed by atoms with E-state index in [1.54, 1.807) is 0 Å². The summed E-state index contributed by atoms with van der Waals surface area (Å²) in [5.74, 6) is 0.0415. The van der Waals surface area contributed by atoms with Crippen LogP contribution in [0.5, 0.6) is 0 Å². The Morgan fingerprint density at radius 2 is 0.625 bits per heavy atom. The van der Waals surface area contributed by atoms with E-state index >= 15 is 0 Å². The molecule has 2 atom stereocenters. The lowest BCUT2D eigenvalue weighted by molar-refractivity contribution is -0.167. The van der Waals surface area contributed by atoms with Crippen LogP contribution in [0.3, 0.4) is 0 Å². The summed E-state index contributed by atoms with van der Waals surface area (Å²) in [6.07, 6.45) is 45.2. The Bertz CT molecular complexity index is 843. The first-order valence-corrected chi connectivity index (χ1v) is 24.9. The number of hydrogen-bond donors (Lipinski definition) is 0. The van der Waals surface area contributed by atoms with Gasteiger partial charge in [-0.15, -0.1) is 0 Å². The van der Waals surface area contributed by atoms with Crippen LogP contribution >= 0.6 is 0 Å². The molecule has 0 radical (unpaired) electrons. The van der Waals surface area contributed by atoms with Crippen LogP contribution in [-0.4, -0.2) is 37.2 Å². The Hall–Kier alpha value is -1.59. The molecular weight excluding hydrogens is 697 g/mol. The van der Waals surface area contributed by atoms with Gasteiger partial charge in [-0.25, -0.2) is 0 Å². The fraction of sp³-hybridized carbons (Fsp3) is 0.940. The third-order valence-electron chi connectivity index (χ3n) is 11.7. The van der Waals surface area contributed by atoms with Crippen molar-refractivity contribution in [1.29, 1.82) is 0 Å². The average Bonchev–Trinajstić information content (AvgIpc) is 3.19. The molecule has 56 heavy (non-hydrogen) atoms. The largest absolute Gasteiger partial charge is 0.462 e. The molecule has 0 saturated carbocycles. The summed E-state index contributed by atoms with van der Waals surface area (Å²) < 4.78 is 16.7. The maximum Gasteiger partial charge on any atom is 0.306 e. The molecule has 0 aromatic rings. The highest BCUT2D eigenvalue weighted by molar-refractivity contribution is 5.71. The number of ether oxygens (including phenoxy) is 3. The lowest BCUT2D eigenvalue weighted by Crippen LogP contribution is -2.30. The van der Waals surface area contributed by atoms with Crippen molar-refractivity contribution in [3.05, 3.63) is 0 Å². The highest BCUT2D eigenvalue weighted by Crippen LogP contribution is 2.17. The second-order valence-electron chi connectivity index (χ2n) is 17.3. The highest BCUT2D eigenvalue weighted by Gasteiger charge is 2.19. The summed E-state index contributed by atoms with van der Waals surface area (Å²) in [5.41, 5.74) is 0. The zero-order valence-electron chi connectivity index (χ0n) is 38.1. The first-order chi connectivity index (χ1) is 27.4. The molecule has 6 heteroatoms. The molecule has 0 aromatic heterocycles. The molecule has 332 valence electrons. The van der Waals surface area contributed by atoms with Crippen LogP contribution in [0.4, 0.5) is 0 Å². The normalized spacial score (nSPS) is 12.4. The summed E-state index contributed by atoms with van der Waals surface area (Å²) in [5, 5.41) is 0. The molecule has 1 unspecified atom stereocenters. The molecule has 0 N–H and O–H groups in total. The summed E-state index contributed by atoms with van der Waals surface area (Å²) >= 11 is 0. The predicted molar refractivity (Wildman–Crippen MR) is 238 cm³/mol. The van der Waals surface area contributed by atoms with Crippen molar-refractivity contribution < 1.29 is 28.6 Å². The van der Waals surface area contributed by atoms with Gasteiger partial charge in [-0.3, -0.25) is 14.4 Å². The van der Waals surface area contributed by atoms with E-state index in [2.05, 4.69) is 27.7 Å². The van der Waals surface area contributed by atoms with E-state index < -0.39 is 6.10 Å². The van der Waals surface area contributed by atoms with E-state index in [0.717, 1.165) is 63.7 Å². The van der Waals surface area contributed by atoms with Gasteiger partial charge >= 0.3 is 17.9 Å². The Morgan fingerprint density at radius 1 is 0.357 bits per heavy atom. The van der Waals surface area contributed by atoms with E-state index in [0.29, 0.717) is 19.3 Å². The molecule has 0 amide bonds. The molecule has 0 fully saturated rings. The molecule has 0 aromatic carbocycles. The summed E-state index contributed by atoms with van der Waals surface area (Å²) in [6.45, 7) is 9.02. The number of rotatable bonds is 45. The van der Waals surface area contributed by atoms with Gasteiger partial charge in [0.25, 0.3) is 0 Å². The molecule has 0 aliphatic heterocycles. The van der Waals surface area contributed by atoms with Gasteiger partial charge in [0.05, 0.1) is 0 Å². The molecule has 0 bridgehead atoms. The average molecular weight is 793 g/mol. The first-order valence-electron chi connectivity index (χ1n) is 24.9. The Balaban J connectivity index is 4.16. The number of carbonyl (C=O) groups excluding carboxylic acids is 3. The lowest BCUT2D eigenvalue weighted by Gasteiger charge is -2.18. The lowest BCUT2D eigenvalue weighted by atomic mass is 9.99. The van der Waals surface area contributed by atoms with Crippen molar-refractivity contribution in [1.82, 2.24) is 0 Å². The molecule has 0 aliphatic rings. The van der Waals surface area contributed by atoms with Gasteiger partial charge in [0.2, 0.25) is 0 Å². The van der Waals surface area contributed by atoms with Gasteiger partial charge in [-0.2, -0.15) is 0 Å².